The predicted molar refractivity (Wildman–Crippen MR) is 88.9 cm³/mol. The van der Waals surface area contributed by atoms with Gasteiger partial charge in [0, 0.05) is 30.1 Å². The summed E-state index contributed by atoms with van der Waals surface area (Å²) in [6.07, 6.45) is 6.47. The SMILES string of the molecule is O=C([O-])c1c2c(nn1CC(O)CN1CCCC1)-c1ccncc1CC2. The van der Waals surface area contributed by atoms with E-state index in [1.807, 2.05) is 6.07 Å². The molecule has 0 aromatic carbocycles. The number of aliphatic hydroxyl groups is 1. The number of carbonyl (C=O) groups is 1. The number of likely N-dealkylation sites (tertiary alicyclic amines) is 1. The van der Waals surface area contributed by atoms with E-state index in [-0.39, 0.29) is 12.2 Å². The number of β-amino-alcohol motifs (C(OH)–C–C–N with tert-alkyl or cyclic N) is 1. The Bertz CT molecular complexity index is 796. The number of carbonyl (C=O) groups excluding carboxylic acids is 1. The van der Waals surface area contributed by atoms with Crippen LogP contribution >= 0.6 is 0 Å². The number of aryl methyl sites for hydroxylation is 1. The number of rotatable bonds is 5. The number of hydrogen-bond donors (Lipinski definition) is 1. The number of aromatic carboxylic acids is 1. The molecule has 0 amide bonds. The molecule has 1 saturated heterocycles. The van der Waals surface area contributed by atoms with E-state index in [0.717, 1.165) is 43.5 Å². The van der Waals surface area contributed by atoms with Gasteiger partial charge in [-0.05, 0) is 50.4 Å². The van der Waals surface area contributed by atoms with Gasteiger partial charge in [-0.1, -0.05) is 0 Å². The Kier molecular flexibility index (Phi) is 4.27. The minimum absolute atomic E-state index is 0.0953. The van der Waals surface area contributed by atoms with Crippen molar-refractivity contribution in [1.29, 1.82) is 0 Å². The number of hydrogen-bond acceptors (Lipinski definition) is 6. The zero-order valence-corrected chi connectivity index (χ0v) is 14.0. The Morgan fingerprint density at radius 1 is 1.28 bits per heavy atom. The first-order valence-corrected chi connectivity index (χ1v) is 8.78. The Labute approximate surface area is 145 Å². The van der Waals surface area contributed by atoms with E-state index < -0.39 is 12.1 Å². The minimum Gasteiger partial charge on any atom is -0.543 e. The third-order valence-electron chi connectivity index (χ3n) is 5.10. The molecule has 0 bridgehead atoms. The van der Waals surface area contributed by atoms with Crippen LogP contribution in [0.25, 0.3) is 11.3 Å². The zero-order chi connectivity index (χ0) is 17.4. The Morgan fingerprint density at radius 3 is 2.84 bits per heavy atom. The summed E-state index contributed by atoms with van der Waals surface area (Å²) in [4.78, 5) is 18.1. The van der Waals surface area contributed by atoms with Gasteiger partial charge in [-0.2, -0.15) is 5.10 Å². The van der Waals surface area contributed by atoms with Crippen molar-refractivity contribution in [2.75, 3.05) is 19.6 Å². The monoisotopic (exact) mass is 341 g/mol. The molecule has 1 aliphatic heterocycles. The van der Waals surface area contributed by atoms with Gasteiger partial charge in [-0.3, -0.25) is 9.67 Å². The van der Waals surface area contributed by atoms with Crippen LogP contribution in [0.15, 0.2) is 18.5 Å². The molecule has 1 atom stereocenters. The first-order valence-electron chi connectivity index (χ1n) is 8.78. The second-order valence-electron chi connectivity index (χ2n) is 6.84. The average molecular weight is 341 g/mol. The lowest BCUT2D eigenvalue weighted by molar-refractivity contribution is -0.256. The number of nitrogens with zero attached hydrogens (tertiary/aromatic N) is 4. The summed E-state index contributed by atoms with van der Waals surface area (Å²) in [7, 11) is 0. The van der Waals surface area contributed by atoms with Gasteiger partial charge in [-0.15, -0.1) is 0 Å². The lowest BCUT2D eigenvalue weighted by Crippen LogP contribution is -2.35. The highest BCUT2D eigenvalue weighted by Crippen LogP contribution is 2.34. The van der Waals surface area contributed by atoms with E-state index in [1.54, 1.807) is 12.4 Å². The standard InChI is InChI=1S/C18H22N4O3/c23-13(10-21-7-1-2-8-21)11-22-17(18(24)25)15-4-3-12-9-19-6-5-14(12)16(15)20-22/h5-6,9,13,23H,1-4,7-8,10-11H2,(H,24,25)/p-1. The Hall–Kier alpha value is -2.25. The highest BCUT2D eigenvalue weighted by molar-refractivity contribution is 5.89. The van der Waals surface area contributed by atoms with Gasteiger partial charge in [0.25, 0.3) is 0 Å². The van der Waals surface area contributed by atoms with Crippen molar-refractivity contribution in [3.05, 3.63) is 35.3 Å². The fourth-order valence-electron chi connectivity index (χ4n) is 3.95. The van der Waals surface area contributed by atoms with Crippen LogP contribution in [0.3, 0.4) is 0 Å². The van der Waals surface area contributed by atoms with Gasteiger partial charge in [0.1, 0.15) is 0 Å². The minimum atomic E-state index is -1.24. The second-order valence-corrected chi connectivity index (χ2v) is 6.84. The van der Waals surface area contributed by atoms with E-state index in [2.05, 4.69) is 15.0 Å². The van der Waals surface area contributed by atoms with Crippen molar-refractivity contribution >= 4 is 5.97 Å². The summed E-state index contributed by atoms with van der Waals surface area (Å²) in [6.45, 7) is 2.67. The van der Waals surface area contributed by atoms with Crippen LogP contribution in [-0.2, 0) is 19.4 Å². The molecule has 1 N–H and O–H groups in total. The zero-order valence-electron chi connectivity index (χ0n) is 14.0. The van der Waals surface area contributed by atoms with Crippen LogP contribution in [0.2, 0.25) is 0 Å². The number of carboxylic acids is 1. The molecule has 0 spiro atoms. The van der Waals surface area contributed by atoms with Crippen LogP contribution in [0.5, 0.6) is 0 Å². The number of fused-ring (bicyclic) bond motifs is 3. The fourth-order valence-corrected chi connectivity index (χ4v) is 3.95. The van der Waals surface area contributed by atoms with Gasteiger partial charge in [0.2, 0.25) is 0 Å². The highest BCUT2D eigenvalue weighted by Gasteiger charge is 2.26. The van der Waals surface area contributed by atoms with Gasteiger partial charge >= 0.3 is 0 Å². The molecule has 25 heavy (non-hydrogen) atoms. The topological polar surface area (TPSA) is 94.3 Å². The summed E-state index contributed by atoms with van der Waals surface area (Å²) in [5.74, 6) is -1.24. The molecule has 2 aromatic heterocycles. The maximum atomic E-state index is 11.7. The molecule has 3 heterocycles. The molecule has 2 aliphatic rings. The van der Waals surface area contributed by atoms with E-state index in [9.17, 15) is 15.0 Å². The van der Waals surface area contributed by atoms with Gasteiger partial charge in [0.05, 0.1) is 30.0 Å². The van der Waals surface area contributed by atoms with Crippen molar-refractivity contribution in [3.8, 4) is 11.3 Å². The Balaban J connectivity index is 1.64. The van der Waals surface area contributed by atoms with Crippen molar-refractivity contribution in [3.63, 3.8) is 0 Å². The van der Waals surface area contributed by atoms with Crippen molar-refractivity contribution < 1.29 is 15.0 Å². The molecule has 1 aliphatic carbocycles. The molecule has 7 nitrogen and oxygen atoms in total. The van der Waals surface area contributed by atoms with Crippen molar-refractivity contribution in [1.82, 2.24) is 19.7 Å². The lowest BCUT2D eigenvalue weighted by atomic mass is 9.90. The number of aromatic nitrogens is 3. The molecule has 0 saturated carbocycles. The summed E-state index contributed by atoms with van der Waals surface area (Å²) < 4.78 is 1.41. The van der Waals surface area contributed by atoms with E-state index in [1.165, 1.54) is 4.68 Å². The quantitative estimate of drug-likeness (QED) is 0.814. The third kappa shape index (κ3) is 3.05. The lowest BCUT2D eigenvalue weighted by Gasteiger charge is -2.20. The molecule has 132 valence electrons. The van der Waals surface area contributed by atoms with E-state index in [4.69, 9.17) is 0 Å². The summed E-state index contributed by atoms with van der Waals surface area (Å²) in [5, 5.41) is 26.6. The highest BCUT2D eigenvalue weighted by atomic mass is 16.4. The number of aliphatic hydroxyl groups excluding tert-OH is 1. The van der Waals surface area contributed by atoms with E-state index in [0.29, 0.717) is 24.2 Å². The average Bonchev–Trinajstić information content (AvgIpc) is 3.21. The van der Waals surface area contributed by atoms with Gasteiger partial charge in [-0.25, -0.2) is 0 Å². The van der Waals surface area contributed by atoms with Crippen LogP contribution in [0, 0.1) is 0 Å². The summed E-state index contributed by atoms with van der Waals surface area (Å²) in [6, 6.07) is 1.87. The molecule has 0 radical (unpaired) electrons. The smallest absolute Gasteiger partial charge is 0.0966 e. The van der Waals surface area contributed by atoms with Crippen molar-refractivity contribution in [2.24, 2.45) is 0 Å². The molecule has 1 unspecified atom stereocenters. The number of pyridine rings is 1. The van der Waals surface area contributed by atoms with Gasteiger partial charge in [0.15, 0.2) is 0 Å². The normalized spacial score (nSPS) is 18.0. The Morgan fingerprint density at radius 2 is 2.08 bits per heavy atom. The van der Waals surface area contributed by atoms with E-state index >= 15 is 0 Å². The van der Waals surface area contributed by atoms with Crippen LogP contribution < -0.4 is 5.11 Å². The van der Waals surface area contributed by atoms with Crippen LogP contribution in [0.4, 0.5) is 0 Å². The largest absolute Gasteiger partial charge is 0.543 e. The molecule has 7 heteroatoms. The van der Waals surface area contributed by atoms with Gasteiger partial charge < -0.3 is 19.9 Å². The molecule has 4 rings (SSSR count). The predicted octanol–water partition coefficient (Wildman–Crippen LogP) is -0.136. The van der Waals surface area contributed by atoms with Crippen LogP contribution in [0.1, 0.15) is 34.5 Å². The van der Waals surface area contributed by atoms with Crippen LogP contribution in [-0.4, -0.2) is 56.5 Å². The first kappa shape index (κ1) is 16.2. The summed E-state index contributed by atoms with van der Waals surface area (Å²) in [5.41, 5.74) is 3.47. The maximum Gasteiger partial charge on any atom is 0.0966 e. The molecular formula is C18H21N4O3-. The third-order valence-corrected chi connectivity index (χ3v) is 5.10. The maximum absolute atomic E-state index is 11.7. The number of carboxylic acid groups (broad SMARTS) is 1. The molecular weight excluding hydrogens is 320 g/mol. The molecule has 1 fully saturated rings. The first-order chi connectivity index (χ1) is 12.1. The second kappa shape index (κ2) is 6.57. The summed E-state index contributed by atoms with van der Waals surface area (Å²) >= 11 is 0. The fraction of sp³-hybridized carbons (Fsp3) is 0.500. The van der Waals surface area contributed by atoms with Crippen molar-refractivity contribution in [2.45, 2.75) is 38.3 Å². The molecule has 2 aromatic rings.